The summed E-state index contributed by atoms with van der Waals surface area (Å²) in [5.74, 6) is -3.45. The van der Waals surface area contributed by atoms with Gasteiger partial charge in [0.25, 0.3) is 0 Å². The highest BCUT2D eigenvalue weighted by molar-refractivity contribution is 7.99. The summed E-state index contributed by atoms with van der Waals surface area (Å²) in [6, 6.07) is 9.41. The Bertz CT molecular complexity index is 1050. The third-order valence-electron chi connectivity index (χ3n) is 7.77. The van der Waals surface area contributed by atoms with Gasteiger partial charge in [0, 0.05) is 17.0 Å². The molecule has 0 spiro atoms. The van der Waals surface area contributed by atoms with Gasteiger partial charge in [0.05, 0.1) is 18.6 Å². The Hall–Kier alpha value is -1.94. The average Bonchev–Trinajstić information content (AvgIpc) is 2.88. The molecule has 39 heavy (non-hydrogen) atoms. The van der Waals surface area contributed by atoms with E-state index in [9.17, 15) is 22.0 Å². The maximum atomic E-state index is 15.0. The van der Waals surface area contributed by atoms with Gasteiger partial charge in [-0.15, -0.1) is 11.8 Å². The van der Waals surface area contributed by atoms with E-state index in [-0.39, 0.29) is 24.2 Å². The minimum Gasteiger partial charge on any atom is -0.493 e. The molecule has 0 heterocycles. The van der Waals surface area contributed by atoms with Crippen molar-refractivity contribution in [1.82, 2.24) is 0 Å². The number of benzene rings is 2. The van der Waals surface area contributed by atoms with Crippen LogP contribution in [0.25, 0.3) is 0 Å². The molecule has 2 saturated carbocycles. The van der Waals surface area contributed by atoms with Gasteiger partial charge >= 0.3 is 12.3 Å². The molecule has 4 rings (SSSR count). The highest BCUT2D eigenvalue weighted by atomic mass is 32.2. The molecule has 2 aliphatic carbocycles. The lowest BCUT2D eigenvalue weighted by molar-refractivity contribution is -0.301. The van der Waals surface area contributed by atoms with Crippen molar-refractivity contribution in [3.63, 3.8) is 0 Å². The van der Waals surface area contributed by atoms with Gasteiger partial charge in [-0.3, -0.25) is 0 Å². The molecule has 2 aromatic rings. The highest BCUT2D eigenvalue weighted by Gasteiger charge is 2.45. The number of ether oxygens (including phenoxy) is 2. The zero-order valence-corrected chi connectivity index (χ0v) is 22.5. The van der Waals surface area contributed by atoms with Crippen LogP contribution in [0, 0.1) is 23.5 Å². The van der Waals surface area contributed by atoms with E-state index in [4.69, 9.17) is 9.47 Å². The van der Waals surface area contributed by atoms with E-state index in [0.29, 0.717) is 63.5 Å². The quantitative estimate of drug-likeness (QED) is 0.218. The SMILES string of the molecule is CCSc1ccc(C2CCC(C(F)(F)OC3CCC(COc4cc(F)c(C(F)(F)F)c(F)c4)CC3)CC2)cc1. The standard InChI is InChI=1S/C29H33F7O2S/c1-2-39-24-13-7-20(8-14-24)19-5-9-21(10-6-19)29(35,36)38-22-11-3-18(4-12-22)17-37-23-15-25(30)27(26(31)16-23)28(32,33)34/h7-8,13-16,18-19,21-22H,2-6,9-12,17H2,1H3. The third kappa shape index (κ3) is 7.84. The van der Waals surface area contributed by atoms with Gasteiger partial charge in [-0.1, -0.05) is 19.1 Å². The first-order chi connectivity index (χ1) is 18.5. The summed E-state index contributed by atoms with van der Waals surface area (Å²) >= 11 is 1.77. The molecule has 216 valence electrons. The predicted molar refractivity (Wildman–Crippen MR) is 136 cm³/mol. The van der Waals surface area contributed by atoms with Crippen LogP contribution in [0.4, 0.5) is 30.7 Å². The van der Waals surface area contributed by atoms with Gasteiger partial charge in [-0.05, 0) is 86.7 Å². The normalized spacial score (nSPS) is 24.5. The van der Waals surface area contributed by atoms with Crippen molar-refractivity contribution in [1.29, 1.82) is 0 Å². The van der Waals surface area contributed by atoms with E-state index >= 15 is 8.78 Å². The van der Waals surface area contributed by atoms with Crippen molar-refractivity contribution in [2.45, 2.75) is 87.5 Å². The molecule has 0 atom stereocenters. The van der Waals surface area contributed by atoms with Crippen LogP contribution in [0.5, 0.6) is 5.75 Å². The first-order valence-corrected chi connectivity index (χ1v) is 14.4. The van der Waals surface area contributed by atoms with Gasteiger partial charge < -0.3 is 9.47 Å². The van der Waals surface area contributed by atoms with Crippen LogP contribution < -0.4 is 4.74 Å². The smallest absolute Gasteiger partial charge is 0.422 e. The molecule has 0 bridgehead atoms. The van der Waals surface area contributed by atoms with E-state index < -0.39 is 41.5 Å². The monoisotopic (exact) mass is 578 g/mol. The van der Waals surface area contributed by atoms with Crippen molar-refractivity contribution < 1.29 is 40.2 Å². The van der Waals surface area contributed by atoms with Crippen LogP contribution in [0.3, 0.4) is 0 Å². The Morgan fingerprint density at radius 2 is 1.41 bits per heavy atom. The number of alkyl halides is 5. The topological polar surface area (TPSA) is 18.5 Å². The molecule has 0 aliphatic heterocycles. The largest absolute Gasteiger partial charge is 0.493 e. The Labute approximate surface area is 228 Å². The number of halogens is 7. The van der Waals surface area contributed by atoms with Crippen LogP contribution in [-0.4, -0.2) is 24.6 Å². The number of hydrogen-bond acceptors (Lipinski definition) is 3. The maximum absolute atomic E-state index is 15.0. The molecule has 0 radical (unpaired) electrons. The molecule has 0 N–H and O–H groups in total. The molecule has 0 unspecified atom stereocenters. The Morgan fingerprint density at radius 1 is 0.821 bits per heavy atom. The van der Waals surface area contributed by atoms with Crippen LogP contribution >= 0.6 is 11.8 Å². The van der Waals surface area contributed by atoms with Crippen molar-refractivity contribution in [2.24, 2.45) is 11.8 Å². The fourth-order valence-corrected chi connectivity index (χ4v) is 6.28. The highest BCUT2D eigenvalue weighted by Crippen LogP contribution is 2.44. The van der Waals surface area contributed by atoms with E-state index in [1.807, 2.05) is 0 Å². The average molecular weight is 579 g/mol. The van der Waals surface area contributed by atoms with Gasteiger partial charge in [0.1, 0.15) is 22.9 Å². The molecular weight excluding hydrogens is 545 g/mol. The molecule has 10 heteroatoms. The maximum Gasteiger partial charge on any atom is 0.422 e. The zero-order chi connectivity index (χ0) is 28.2. The summed E-state index contributed by atoms with van der Waals surface area (Å²) in [5, 5.41) is 0. The van der Waals surface area contributed by atoms with Gasteiger partial charge in [-0.25, -0.2) is 8.78 Å². The fourth-order valence-electron chi connectivity index (χ4n) is 5.62. The molecule has 0 aromatic heterocycles. The molecule has 2 nitrogen and oxygen atoms in total. The molecule has 2 aliphatic rings. The van der Waals surface area contributed by atoms with Gasteiger partial charge in [0.2, 0.25) is 0 Å². The summed E-state index contributed by atoms with van der Waals surface area (Å²) in [4.78, 5) is 1.21. The molecular formula is C29H33F7O2S. The second-order valence-electron chi connectivity index (χ2n) is 10.4. The molecule has 2 fully saturated rings. The van der Waals surface area contributed by atoms with E-state index in [2.05, 4.69) is 31.2 Å². The predicted octanol–water partition coefficient (Wildman–Crippen LogP) is 9.62. The van der Waals surface area contributed by atoms with E-state index in [1.54, 1.807) is 11.8 Å². The Balaban J connectivity index is 1.21. The van der Waals surface area contributed by atoms with Crippen molar-refractivity contribution >= 4 is 11.8 Å². The van der Waals surface area contributed by atoms with Crippen LogP contribution in [0.1, 0.15) is 75.3 Å². The second-order valence-corrected chi connectivity index (χ2v) is 11.8. The fraction of sp³-hybridized carbons (Fsp3) is 0.586. The van der Waals surface area contributed by atoms with Gasteiger partial charge in [-0.2, -0.15) is 22.0 Å². The third-order valence-corrected chi connectivity index (χ3v) is 8.66. The number of hydrogen-bond donors (Lipinski definition) is 0. The van der Waals surface area contributed by atoms with Crippen molar-refractivity contribution in [3.8, 4) is 5.75 Å². The second kappa shape index (κ2) is 12.7. The lowest BCUT2D eigenvalue weighted by Gasteiger charge is -2.37. The summed E-state index contributed by atoms with van der Waals surface area (Å²) < 4.78 is 106. The van der Waals surface area contributed by atoms with Gasteiger partial charge in [0.15, 0.2) is 0 Å². The van der Waals surface area contributed by atoms with E-state index in [1.165, 1.54) is 10.5 Å². The molecule has 2 aromatic carbocycles. The minimum absolute atomic E-state index is 0.0233. The lowest BCUT2D eigenvalue weighted by Crippen LogP contribution is -2.39. The van der Waals surface area contributed by atoms with Crippen LogP contribution in [0.15, 0.2) is 41.3 Å². The lowest BCUT2D eigenvalue weighted by atomic mass is 9.78. The van der Waals surface area contributed by atoms with E-state index in [0.717, 1.165) is 5.75 Å². The van der Waals surface area contributed by atoms with Crippen molar-refractivity contribution in [2.75, 3.05) is 12.4 Å². The Morgan fingerprint density at radius 3 is 1.95 bits per heavy atom. The zero-order valence-electron chi connectivity index (χ0n) is 21.7. The van der Waals surface area contributed by atoms with Crippen molar-refractivity contribution in [3.05, 3.63) is 59.2 Å². The Kier molecular flexibility index (Phi) is 9.78. The summed E-state index contributed by atoms with van der Waals surface area (Å²) in [7, 11) is 0. The first-order valence-electron chi connectivity index (χ1n) is 13.4. The summed E-state index contributed by atoms with van der Waals surface area (Å²) in [6.07, 6.45) is -5.00. The first kappa shape index (κ1) is 30.0. The molecule has 0 saturated heterocycles. The number of thioether (sulfide) groups is 1. The minimum atomic E-state index is -5.15. The molecule has 0 amide bonds. The number of rotatable bonds is 9. The summed E-state index contributed by atoms with van der Waals surface area (Å²) in [6.45, 7) is 2.12. The van der Waals surface area contributed by atoms with Crippen LogP contribution in [0.2, 0.25) is 0 Å². The van der Waals surface area contributed by atoms with Crippen LogP contribution in [-0.2, 0) is 10.9 Å². The summed E-state index contributed by atoms with van der Waals surface area (Å²) in [5.41, 5.74) is -0.761.